The molecule has 6 nitrogen and oxygen atoms in total. The van der Waals surface area contributed by atoms with E-state index in [1.165, 1.54) is 0 Å². The molecule has 7 heteroatoms. The molecule has 2 atom stereocenters. The number of benzene rings is 2. The lowest BCUT2D eigenvalue weighted by atomic mass is 9.91. The lowest BCUT2D eigenvalue weighted by molar-refractivity contribution is -0.123. The second-order valence-corrected chi connectivity index (χ2v) is 6.83. The third-order valence-electron chi connectivity index (χ3n) is 4.10. The first kappa shape index (κ1) is 18.0. The Hall–Kier alpha value is -2.80. The minimum atomic E-state index is -0.491. The predicted molar refractivity (Wildman–Crippen MR) is 105 cm³/mol. The van der Waals surface area contributed by atoms with Gasteiger partial charge in [-0.05, 0) is 42.4 Å². The van der Waals surface area contributed by atoms with Gasteiger partial charge >= 0.3 is 0 Å². The van der Waals surface area contributed by atoms with Crippen molar-refractivity contribution < 1.29 is 4.79 Å². The zero-order chi connectivity index (χ0) is 18.7. The molecule has 0 saturated carbocycles. The first-order chi connectivity index (χ1) is 12.4. The molecule has 2 aromatic carbocycles. The van der Waals surface area contributed by atoms with Gasteiger partial charge in [0.05, 0.1) is 5.69 Å². The molecule has 1 aliphatic rings. The van der Waals surface area contributed by atoms with Crippen molar-refractivity contribution in [2.45, 2.75) is 19.0 Å². The van der Waals surface area contributed by atoms with Gasteiger partial charge < -0.3 is 10.6 Å². The van der Waals surface area contributed by atoms with Crippen molar-refractivity contribution >= 4 is 28.8 Å². The normalized spacial score (nSPS) is 20.0. The van der Waals surface area contributed by atoms with Gasteiger partial charge in [-0.15, -0.1) is 5.11 Å². The molecule has 1 heterocycles. The summed E-state index contributed by atoms with van der Waals surface area (Å²) in [4.78, 5) is 13.0. The van der Waals surface area contributed by atoms with Gasteiger partial charge in [0.25, 0.3) is 0 Å². The van der Waals surface area contributed by atoms with Gasteiger partial charge in [-0.3, -0.25) is 9.80 Å². The monoisotopic (exact) mass is 367 g/mol. The van der Waals surface area contributed by atoms with E-state index in [2.05, 4.69) is 21.0 Å². The molecule has 0 radical (unpaired) electrons. The Morgan fingerprint density at radius 1 is 0.923 bits per heavy atom. The summed E-state index contributed by atoms with van der Waals surface area (Å²) in [6.07, 6.45) is 0. The standard InChI is InChI=1S/C19H21N5OS/c1-12-4-6-13(7-5-12)16-18(25)17(21-19(26)20-16)14-8-10-15(11-9-14)22-23-24(2)3/h4-11,16-17H,1-3H3,(H2,20,21,26). The van der Waals surface area contributed by atoms with Crippen LogP contribution in [0.25, 0.3) is 0 Å². The number of carbonyl (C=O) groups is 1. The van der Waals surface area contributed by atoms with Crippen LogP contribution in [0.4, 0.5) is 5.69 Å². The molecule has 0 aliphatic carbocycles. The largest absolute Gasteiger partial charge is 0.349 e. The van der Waals surface area contributed by atoms with E-state index in [1.54, 1.807) is 5.01 Å². The Kier molecular flexibility index (Phi) is 5.27. The van der Waals surface area contributed by atoms with E-state index in [1.807, 2.05) is 69.6 Å². The molecule has 3 rings (SSSR count). The summed E-state index contributed by atoms with van der Waals surface area (Å²) in [7, 11) is 3.61. The number of aryl methyl sites for hydroxylation is 1. The van der Waals surface area contributed by atoms with E-state index >= 15 is 0 Å². The molecule has 26 heavy (non-hydrogen) atoms. The minimum absolute atomic E-state index is 0.0325. The van der Waals surface area contributed by atoms with Crippen LogP contribution in [0.15, 0.2) is 58.9 Å². The predicted octanol–water partition coefficient (Wildman–Crippen LogP) is 3.38. The molecule has 134 valence electrons. The van der Waals surface area contributed by atoms with Crippen LogP contribution in [-0.2, 0) is 4.79 Å². The van der Waals surface area contributed by atoms with Crippen molar-refractivity contribution in [1.82, 2.24) is 15.6 Å². The zero-order valence-corrected chi connectivity index (χ0v) is 15.7. The van der Waals surface area contributed by atoms with E-state index in [0.717, 1.165) is 22.4 Å². The average Bonchev–Trinajstić information content (AvgIpc) is 2.63. The maximum atomic E-state index is 13.0. The third-order valence-corrected chi connectivity index (χ3v) is 4.33. The van der Waals surface area contributed by atoms with Crippen molar-refractivity contribution in [1.29, 1.82) is 0 Å². The van der Waals surface area contributed by atoms with Crippen LogP contribution >= 0.6 is 12.2 Å². The van der Waals surface area contributed by atoms with Crippen LogP contribution in [0, 0.1) is 6.92 Å². The van der Waals surface area contributed by atoms with Crippen molar-refractivity contribution in [2.24, 2.45) is 10.3 Å². The summed E-state index contributed by atoms with van der Waals surface area (Å²) in [5.41, 5.74) is 3.63. The number of nitrogens with zero attached hydrogens (tertiary/aromatic N) is 3. The average molecular weight is 367 g/mol. The topological polar surface area (TPSA) is 69.1 Å². The summed E-state index contributed by atoms with van der Waals surface area (Å²) in [6.45, 7) is 2.02. The fraction of sp³-hybridized carbons (Fsp3) is 0.263. The number of hydrogen-bond acceptors (Lipinski definition) is 4. The number of thiocarbonyl (C=S) groups is 1. The Balaban J connectivity index is 1.83. The van der Waals surface area contributed by atoms with Gasteiger partial charge in [0, 0.05) is 14.1 Å². The molecule has 0 aromatic heterocycles. The highest BCUT2D eigenvalue weighted by Gasteiger charge is 2.34. The highest BCUT2D eigenvalue weighted by atomic mass is 32.1. The SMILES string of the molecule is Cc1ccc(C2NC(=S)NC(c3ccc(N=NN(C)C)cc3)C2=O)cc1. The smallest absolute Gasteiger partial charge is 0.186 e. The molecular weight excluding hydrogens is 346 g/mol. The first-order valence-electron chi connectivity index (χ1n) is 8.30. The molecule has 0 amide bonds. The summed E-state index contributed by atoms with van der Waals surface area (Å²) in [5.74, 6) is 0.0325. The highest BCUT2D eigenvalue weighted by molar-refractivity contribution is 7.80. The van der Waals surface area contributed by atoms with Gasteiger partial charge in [-0.1, -0.05) is 47.2 Å². The summed E-state index contributed by atoms with van der Waals surface area (Å²) >= 11 is 5.32. The van der Waals surface area contributed by atoms with Gasteiger partial charge in [-0.25, -0.2) is 0 Å². The van der Waals surface area contributed by atoms with Crippen molar-refractivity contribution in [2.75, 3.05) is 14.1 Å². The van der Waals surface area contributed by atoms with Crippen LogP contribution in [0.3, 0.4) is 0 Å². The van der Waals surface area contributed by atoms with Crippen LogP contribution in [-0.4, -0.2) is 30.0 Å². The number of carbonyl (C=O) groups excluding carboxylic acids is 1. The van der Waals surface area contributed by atoms with Gasteiger partial charge in [0.2, 0.25) is 0 Å². The maximum absolute atomic E-state index is 13.0. The fourth-order valence-corrected chi connectivity index (χ4v) is 2.98. The first-order valence-corrected chi connectivity index (χ1v) is 8.71. The number of rotatable bonds is 4. The van der Waals surface area contributed by atoms with Crippen LogP contribution < -0.4 is 10.6 Å². The quantitative estimate of drug-likeness (QED) is 0.492. The number of hydrogen-bond donors (Lipinski definition) is 2. The Bertz CT molecular complexity index is 830. The highest BCUT2D eigenvalue weighted by Crippen LogP contribution is 2.28. The van der Waals surface area contributed by atoms with Gasteiger partial charge in [-0.2, -0.15) is 0 Å². The lowest BCUT2D eigenvalue weighted by Crippen LogP contribution is -2.52. The molecule has 2 unspecified atom stereocenters. The van der Waals surface area contributed by atoms with Gasteiger partial charge in [0.15, 0.2) is 10.9 Å². The van der Waals surface area contributed by atoms with Crippen molar-refractivity contribution in [3.05, 3.63) is 65.2 Å². The fourth-order valence-electron chi connectivity index (χ4n) is 2.74. The Labute approximate surface area is 158 Å². The summed E-state index contributed by atoms with van der Waals surface area (Å²) in [5, 5.41) is 16.3. The molecular formula is C19H21N5OS. The molecule has 0 bridgehead atoms. The Morgan fingerprint density at radius 3 is 1.92 bits per heavy atom. The minimum Gasteiger partial charge on any atom is -0.349 e. The van der Waals surface area contributed by atoms with Gasteiger partial charge in [0.1, 0.15) is 12.1 Å². The maximum Gasteiger partial charge on any atom is 0.186 e. The van der Waals surface area contributed by atoms with Crippen LogP contribution in [0.1, 0.15) is 28.8 Å². The third kappa shape index (κ3) is 4.05. The van der Waals surface area contributed by atoms with E-state index in [-0.39, 0.29) is 5.78 Å². The number of nitrogens with one attached hydrogen (secondary N) is 2. The lowest BCUT2D eigenvalue weighted by Gasteiger charge is -2.32. The Morgan fingerprint density at radius 2 is 1.42 bits per heavy atom. The van der Waals surface area contributed by atoms with Crippen molar-refractivity contribution in [3.8, 4) is 0 Å². The molecule has 1 aliphatic heterocycles. The molecule has 1 fully saturated rings. The van der Waals surface area contributed by atoms with Crippen molar-refractivity contribution in [3.63, 3.8) is 0 Å². The van der Waals surface area contributed by atoms with E-state index < -0.39 is 12.1 Å². The van der Waals surface area contributed by atoms with E-state index in [0.29, 0.717) is 5.11 Å². The van der Waals surface area contributed by atoms with E-state index in [4.69, 9.17) is 12.2 Å². The second kappa shape index (κ2) is 7.61. The van der Waals surface area contributed by atoms with Crippen LogP contribution in [0.5, 0.6) is 0 Å². The second-order valence-electron chi connectivity index (χ2n) is 6.43. The number of Topliss-reactive ketones (excluding diaryl/α,β-unsaturated/α-hetero) is 1. The summed E-state index contributed by atoms with van der Waals surface area (Å²) in [6, 6.07) is 14.4. The summed E-state index contributed by atoms with van der Waals surface area (Å²) < 4.78 is 0. The van der Waals surface area contributed by atoms with E-state index in [9.17, 15) is 4.79 Å². The van der Waals surface area contributed by atoms with Crippen LogP contribution in [0.2, 0.25) is 0 Å². The molecule has 2 aromatic rings. The molecule has 0 spiro atoms. The number of ketones is 1. The molecule has 2 N–H and O–H groups in total. The zero-order valence-electron chi connectivity index (χ0n) is 14.9. The molecule has 1 saturated heterocycles.